The fourth-order valence-electron chi connectivity index (χ4n) is 1.03. The number of aromatic hydroxyl groups is 1. The summed E-state index contributed by atoms with van der Waals surface area (Å²) < 4.78 is 10.6. The summed E-state index contributed by atoms with van der Waals surface area (Å²) >= 11 is 0. The average Bonchev–Trinajstić information content (AvgIpc) is 2.06. The van der Waals surface area contributed by atoms with Gasteiger partial charge in [-0.15, -0.1) is 0 Å². The maximum absolute atomic E-state index is 10.6. The molecule has 0 unspecified atom stereocenters. The third-order valence-corrected chi connectivity index (χ3v) is 2.38. The molecule has 1 aromatic carbocycles. The Morgan fingerprint density at radius 1 is 1.36 bits per heavy atom. The number of benzene rings is 1. The van der Waals surface area contributed by atoms with Crippen LogP contribution >= 0.6 is 7.60 Å². The summed E-state index contributed by atoms with van der Waals surface area (Å²) in [6.07, 6.45) is -0.00731. The van der Waals surface area contributed by atoms with Gasteiger partial charge in [-0.3, -0.25) is 9.36 Å². The first kappa shape index (κ1) is 10.9. The van der Waals surface area contributed by atoms with Crippen LogP contribution in [0, 0.1) is 0 Å². The van der Waals surface area contributed by atoms with Crippen LogP contribution in [-0.2, 0) is 10.7 Å². The zero-order chi connectivity index (χ0) is 10.8. The molecule has 0 aliphatic rings. The molecular formula is C8H9O5P. The lowest BCUT2D eigenvalue weighted by Gasteiger charge is -2.05. The fourth-order valence-corrected chi connectivity index (χ4v) is 1.71. The van der Waals surface area contributed by atoms with Gasteiger partial charge in [-0.2, -0.15) is 0 Å². The Morgan fingerprint density at radius 2 is 2.00 bits per heavy atom. The van der Waals surface area contributed by atoms with Crippen LogP contribution in [0.15, 0.2) is 18.2 Å². The third kappa shape index (κ3) is 2.96. The molecule has 0 saturated carbocycles. The highest BCUT2D eigenvalue weighted by Gasteiger charge is 2.14. The third-order valence-electron chi connectivity index (χ3n) is 1.61. The molecule has 0 bridgehead atoms. The molecule has 0 saturated heterocycles. The number of hydrogen-bond donors (Lipinski definition) is 3. The van der Waals surface area contributed by atoms with Gasteiger partial charge in [0, 0.05) is 0 Å². The zero-order valence-corrected chi connectivity index (χ0v) is 8.02. The molecule has 0 aliphatic heterocycles. The molecule has 5 nitrogen and oxygen atoms in total. The predicted molar refractivity (Wildman–Crippen MR) is 49.2 cm³/mol. The maximum atomic E-state index is 10.6. The highest BCUT2D eigenvalue weighted by molar-refractivity contribution is 7.50. The second kappa shape index (κ2) is 3.92. The van der Waals surface area contributed by atoms with E-state index >= 15 is 0 Å². The summed E-state index contributed by atoms with van der Waals surface area (Å²) in [5.74, 6) is -0.200. The number of carbonyl (C=O) groups excluding carboxylic acids is 1. The molecular weight excluding hydrogens is 207 g/mol. The largest absolute Gasteiger partial charge is 0.507 e. The van der Waals surface area contributed by atoms with Gasteiger partial charge in [0.05, 0.1) is 11.7 Å². The Bertz CT molecular complexity index is 395. The van der Waals surface area contributed by atoms with E-state index < -0.39 is 13.8 Å². The molecule has 0 spiro atoms. The summed E-state index contributed by atoms with van der Waals surface area (Å²) in [6.45, 7) is 0. The van der Waals surface area contributed by atoms with Gasteiger partial charge in [-0.25, -0.2) is 0 Å². The van der Waals surface area contributed by atoms with E-state index in [4.69, 9.17) is 14.9 Å². The summed E-state index contributed by atoms with van der Waals surface area (Å²) in [5.41, 5.74) is 0.342. The minimum Gasteiger partial charge on any atom is -0.507 e. The van der Waals surface area contributed by atoms with Gasteiger partial charge in [0.15, 0.2) is 6.29 Å². The molecule has 3 N–H and O–H groups in total. The highest BCUT2D eigenvalue weighted by atomic mass is 31.2. The van der Waals surface area contributed by atoms with Crippen molar-refractivity contribution >= 4 is 13.9 Å². The van der Waals surface area contributed by atoms with Gasteiger partial charge >= 0.3 is 7.60 Å². The van der Waals surface area contributed by atoms with Gasteiger partial charge in [0.2, 0.25) is 0 Å². The van der Waals surface area contributed by atoms with Crippen LogP contribution in [0.5, 0.6) is 5.75 Å². The standard InChI is InChI=1S/C8H9O5P/c9-4-7-3-6(1-2-8(7)10)5-14(11,12)13/h1-4,10H,5H2,(H2,11,12,13). The lowest BCUT2D eigenvalue weighted by atomic mass is 10.1. The van der Waals surface area contributed by atoms with Crippen LogP contribution in [0.3, 0.4) is 0 Å². The van der Waals surface area contributed by atoms with Crippen molar-refractivity contribution in [2.75, 3.05) is 0 Å². The van der Waals surface area contributed by atoms with Gasteiger partial charge in [-0.1, -0.05) is 6.07 Å². The highest BCUT2D eigenvalue weighted by Crippen LogP contribution is 2.39. The van der Waals surface area contributed by atoms with Gasteiger partial charge in [0.1, 0.15) is 5.75 Å². The lowest BCUT2D eigenvalue weighted by Crippen LogP contribution is -1.89. The van der Waals surface area contributed by atoms with Crippen LogP contribution in [0.1, 0.15) is 15.9 Å². The maximum Gasteiger partial charge on any atom is 0.329 e. The van der Waals surface area contributed by atoms with Crippen molar-refractivity contribution in [3.63, 3.8) is 0 Å². The smallest absolute Gasteiger partial charge is 0.329 e. The quantitative estimate of drug-likeness (QED) is 0.515. The number of aldehydes is 1. The van der Waals surface area contributed by atoms with Crippen molar-refractivity contribution in [1.29, 1.82) is 0 Å². The van der Waals surface area contributed by atoms with E-state index in [1.54, 1.807) is 0 Å². The number of rotatable bonds is 3. The molecule has 1 aromatic rings. The van der Waals surface area contributed by atoms with E-state index in [9.17, 15) is 9.36 Å². The van der Waals surface area contributed by atoms with Gasteiger partial charge in [-0.05, 0) is 17.7 Å². The Kier molecular flexibility index (Phi) is 3.06. The number of hydrogen-bond acceptors (Lipinski definition) is 3. The number of phenols is 1. The molecule has 0 radical (unpaired) electrons. The molecule has 1 rings (SSSR count). The predicted octanol–water partition coefficient (Wildman–Crippen LogP) is 0.882. The Hall–Kier alpha value is -1.16. The Labute approximate surface area is 80.2 Å². The lowest BCUT2D eigenvalue weighted by molar-refractivity contribution is 0.112. The summed E-state index contributed by atoms with van der Waals surface area (Å²) in [7, 11) is -4.13. The molecule has 0 atom stereocenters. The fraction of sp³-hybridized carbons (Fsp3) is 0.125. The minimum absolute atomic E-state index is 0.0240. The van der Waals surface area contributed by atoms with Crippen molar-refractivity contribution in [3.05, 3.63) is 29.3 Å². The Balaban J connectivity index is 3.01. The van der Waals surface area contributed by atoms with E-state index in [1.165, 1.54) is 18.2 Å². The van der Waals surface area contributed by atoms with Crippen molar-refractivity contribution in [3.8, 4) is 5.75 Å². The van der Waals surface area contributed by atoms with E-state index in [0.29, 0.717) is 11.8 Å². The second-order valence-corrected chi connectivity index (χ2v) is 4.48. The monoisotopic (exact) mass is 216 g/mol. The summed E-state index contributed by atoms with van der Waals surface area (Å²) in [4.78, 5) is 27.7. The van der Waals surface area contributed by atoms with E-state index in [1.807, 2.05) is 0 Å². The van der Waals surface area contributed by atoms with Crippen LogP contribution < -0.4 is 0 Å². The van der Waals surface area contributed by atoms with Crippen molar-refractivity contribution in [2.24, 2.45) is 0 Å². The van der Waals surface area contributed by atoms with Crippen molar-refractivity contribution < 1.29 is 24.3 Å². The molecule has 0 amide bonds. The summed E-state index contributed by atoms with van der Waals surface area (Å²) in [6, 6.07) is 3.84. The first-order valence-electron chi connectivity index (χ1n) is 3.74. The molecule has 0 aliphatic carbocycles. The SMILES string of the molecule is O=Cc1cc(CP(=O)(O)O)ccc1O. The van der Waals surface area contributed by atoms with Gasteiger partial charge < -0.3 is 14.9 Å². The first-order chi connectivity index (χ1) is 6.42. The van der Waals surface area contributed by atoms with Crippen molar-refractivity contribution in [2.45, 2.75) is 6.16 Å². The molecule has 0 heterocycles. The minimum atomic E-state index is -4.13. The van der Waals surface area contributed by atoms with Crippen LogP contribution in [0.25, 0.3) is 0 Å². The molecule has 76 valence electrons. The van der Waals surface area contributed by atoms with Crippen LogP contribution in [0.4, 0.5) is 0 Å². The first-order valence-corrected chi connectivity index (χ1v) is 5.54. The average molecular weight is 216 g/mol. The van der Waals surface area contributed by atoms with Gasteiger partial charge in [0.25, 0.3) is 0 Å². The summed E-state index contributed by atoms with van der Waals surface area (Å²) in [5, 5.41) is 9.11. The van der Waals surface area contributed by atoms with E-state index in [0.717, 1.165) is 0 Å². The second-order valence-electron chi connectivity index (χ2n) is 2.83. The molecule has 6 heteroatoms. The topological polar surface area (TPSA) is 94.8 Å². The molecule has 0 aromatic heterocycles. The normalized spacial score (nSPS) is 11.3. The van der Waals surface area contributed by atoms with E-state index in [2.05, 4.69) is 0 Å². The Morgan fingerprint density at radius 3 is 2.50 bits per heavy atom. The molecule has 14 heavy (non-hydrogen) atoms. The van der Waals surface area contributed by atoms with Crippen LogP contribution in [0.2, 0.25) is 0 Å². The number of carbonyl (C=O) groups is 1. The van der Waals surface area contributed by atoms with E-state index in [-0.39, 0.29) is 11.3 Å². The van der Waals surface area contributed by atoms with Crippen LogP contribution in [-0.4, -0.2) is 21.2 Å². The zero-order valence-electron chi connectivity index (χ0n) is 7.12. The molecule has 0 fully saturated rings. The number of phenolic OH excluding ortho intramolecular Hbond substituents is 1. The van der Waals surface area contributed by atoms with Crippen molar-refractivity contribution in [1.82, 2.24) is 0 Å².